The molecule has 1 aromatic carbocycles. The summed E-state index contributed by atoms with van der Waals surface area (Å²) in [7, 11) is 0. The smallest absolute Gasteiger partial charge is 0.396 e. The van der Waals surface area contributed by atoms with Crippen LogP contribution in [-0.4, -0.2) is 23.2 Å². The summed E-state index contributed by atoms with van der Waals surface area (Å²) in [6, 6.07) is 11.6. The lowest BCUT2D eigenvalue weighted by atomic mass is 9.96. The first kappa shape index (κ1) is 16.3. The molecule has 0 saturated carbocycles. The number of pyridine rings is 1. The van der Waals surface area contributed by atoms with E-state index in [1.165, 1.54) is 12.3 Å². The number of nitrogens with one attached hydrogen (secondary N) is 1. The molecule has 0 radical (unpaired) electrons. The summed E-state index contributed by atoms with van der Waals surface area (Å²) in [5.41, 5.74) is 0.180. The third-order valence-corrected chi connectivity index (χ3v) is 3.38. The number of aromatic nitrogens is 1. The van der Waals surface area contributed by atoms with Gasteiger partial charge in [-0.25, -0.2) is 4.98 Å². The van der Waals surface area contributed by atoms with Crippen LogP contribution in [0.1, 0.15) is 23.5 Å². The summed E-state index contributed by atoms with van der Waals surface area (Å²) >= 11 is 0. The molecule has 2 rings (SSSR count). The number of benzene rings is 1. The maximum Gasteiger partial charge on any atom is 0.419 e. The van der Waals surface area contributed by atoms with Gasteiger partial charge in [0.05, 0.1) is 5.56 Å². The normalized spacial score (nSPS) is 12.9. The molecule has 0 saturated heterocycles. The van der Waals surface area contributed by atoms with Gasteiger partial charge in [0.2, 0.25) is 0 Å². The van der Waals surface area contributed by atoms with Crippen LogP contribution in [0.25, 0.3) is 0 Å². The van der Waals surface area contributed by atoms with E-state index < -0.39 is 11.7 Å². The van der Waals surface area contributed by atoms with Gasteiger partial charge in [-0.05, 0) is 24.1 Å². The van der Waals surface area contributed by atoms with E-state index in [2.05, 4.69) is 10.3 Å². The highest BCUT2D eigenvalue weighted by Crippen LogP contribution is 2.33. The van der Waals surface area contributed by atoms with Crippen molar-refractivity contribution in [3.8, 4) is 0 Å². The fourth-order valence-corrected chi connectivity index (χ4v) is 2.26. The van der Waals surface area contributed by atoms with E-state index in [0.29, 0.717) is 6.42 Å². The molecule has 0 fully saturated rings. The van der Waals surface area contributed by atoms with E-state index in [9.17, 15) is 13.2 Å². The minimum Gasteiger partial charge on any atom is -0.396 e. The van der Waals surface area contributed by atoms with Crippen molar-refractivity contribution >= 4 is 5.82 Å². The Morgan fingerprint density at radius 1 is 1.09 bits per heavy atom. The Balaban J connectivity index is 2.14. The molecule has 1 heterocycles. The molecule has 0 spiro atoms. The van der Waals surface area contributed by atoms with Crippen LogP contribution in [0, 0.1) is 0 Å². The van der Waals surface area contributed by atoms with Crippen LogP contribution in [0.5, 0.6) is 0 Å². The highest BCUT2D eigenvalue weighted by atomic mass is 19.4. The second-order valence-electron chi connectivity index (χ2n) is 4.90. The van der Waals surface area contributed by atoms with Gasteiger partial charge in [0.25, 0.3) is 0 Å². The molecule has 1 aromatic heterocycles. The van der Waals surface area contributed by atoms with E-state index >= 15 is 0 Å². The third-order valence-electron chi connectivity index (χ3n) is 3.38. The van der Waals surface area contributed by atoms with Crippen LogP contribution in [-0.2, 0) is 6.18 Å². The molecule has 0 aliphatic carbocycles. The lowest BCUT2D eigenvalue weighted by molar-refractivity contribution is -0.137. The predicted molar refractivity (Wildman–Crippen MR) is 78.6 cm³/mol. The zero-order chi connectivity index (χ0) is 16.0. The van der Waals surface area contributed by atoms with Crippen LogP contribution in [0.3, 0.4) is 0 Å². The average molecular weight is 310 g/mol. The van der Waals surface area contributed by atoms with Crippen molar-refractivity contribution < 1.29 is 18.3 Å². The number of aliphatic hydroxyl groups is 1. The maximum absolute atomic E-state index is 12.9. The Morgan fingerprint density at radius 2 is 1.82 bits per heavy atom. The summed E-state index contributed by atoms with van der Waals surface area (Å²) in [6.45, 7) is 0.236. The second-order valence-corrected chi connectivity index (χ2v) is 4.90. The van der Waals surface area contributed by atoms with E-state index in [4.69, 9.17) is 5.11 Å². The summed E-state index contributed by atoms with van der Waals surface area (Å²) in [4.78, 5) is 3.78. The van der Waals surface area contributed by atoms with Gasteiger partial charge in [-0.1, -0.05) is 30.3 Å². The van der Waals surface area contributed by atoms with Gasteiger partial charge in [0, 0.05) is 25.3 Å². The van der Waals surface area contributed by atoms with Crippen LogP contribution < -0.4 is 5.32 Å². The molecule has 0 aliphatic rings. The van der Waals surface area contributed by atoms with Gasteiger partial charge in [-0.2, -0.15) is 13.2 Å². The quantitative estimate of drug-likeness (QED) is 0.855. The molecule has 3 nitrogen and oxygen atoms in total. The van der Waals surface area contributed by atoms with Crippen molar-refractivity contribution in [2.75, 3.05) is 18.5 Å². The Morgan fingerprint density at radius 3 is 2.45 bits per heavy atom. The number of anilines is 1. The molecule has 118 valence electrons. The van der Waals surface area contributed by atoms with Crippen LogP contribution in [0.15, 0.2) is 48.7 Å². The monoisotopic (exact) mass is 310 g/mol. The number of halogens is 3. The van der Waals surface area contributed by atoms with Crippen LogP contribution >= 0.6 is 0 Å². The van der Waals surface area contributed by atoms with E-state index in [1.807, 2.05) is 30.3 Å². The highest BCUT2D eigenvalue weighted by molar-refractivity contribution is 5.46. The van der Waals surface area contributed by atoms with Crippen molar-refractivity contribution in [2.24, 2.45) is 0 Å². The topological polar surface area (TPSA) is 45.1 Å². The standard InChI is InChI=1S/C16H17F3N2O/c17-16(18,19)14-7-4-9-20-15(14)21-11-13(8-10-22)12-5-2-1-3-6-12/h1-7,9,13,22H,8,10-11H2,(H,20,21). The first-order valence-corrected chi connectivity index (χ1v) is 6.94. The fraction of sp³-hybridized carbons (Fsp3) is 0.312. The maximum atomic E-state index is 12.9. The summed E-state index contributed by atoms with van der Waals surface area (Å²) < 4.78 is 38.8. The van der Waals surface area contributed by atoms with E-state index in [0.717, 1.165) is 11.6 Å². The largest absolute Gasteiger partial charge is 0.419 e. The average Bonchev–Trinajstić information content (AvgIpc) is 2.51. The zero-order valence-corrected chi connectivity index (χ0v) is 11.8. The second kappa shape index (κ2) is 7.26. The number of nitrogens with zero attached hydrogens (tertiary/aromatic N) is 1. The Kier molecular flexibility index (Phi) is 5.38. The molecule has 6 heteroatoms. The zero-order valence-electron chi connectivity index (χ0n) is 11.8. The van der Waals surface area contributed by atoms with Crippen molar-refractivity contribution in [2.45, 2.75) is 18.5 Å². The summed E-state index contributed by atoms with van der Waals surface area (Å²) in [6.07, 6.45) is -2.66. The molecule has 22 heavy (non-hydrogen) atoms. The van der Waals surface area contributed by atoms with Gasteiger partial charge >= 0.3 is 6.18 Å². The minimum atomic E-state index is -4.45. The van der Waals surface area contributed by atoms with Gasteiger partial charge in [0.15, 0.2) is 0 Å². The molecular formula is C16H17F3N2O. The van der Waals surface area contributed by atoms with Crippen molar-refractivity contribution in [3.63, 3.8) is 0 Å². The molecule has 0 amide bonds. The lowest BCUT2D eigenvalue weighted by Crippen LogP contribution is -2.18. The Labute approximate surface area is 126 Å². The van der Waals surface area contributed by atoms with E-state index in [1.54, 1.807) is 0 Å². The molecule has 2 aromatic rings. The molecule has 1 atom stereocenters. The van der Waals surface area contributed by atoms with E-state index in [-0.39, 0.29) is 24.9 Å². The summed E-state index contributed by atoms with van der Waals surface area (Å²) in [5.74, 6) is -0.275. The number of hydrogen-bond donors (Lipinski definition) is 2. The van der Waals surface area contributed by atoms with Crippen molar-refractivity contribution in [1.82, 2.24) is 4.98 Å². The van der Waals surface area contributed by atoms with Gasteiger partial charge in [-0.15, -0.1) is 0 Å². The lowest BCUT2D eigenvalue weighted by Gasteiger charge is -2.19. The molecule has 1 unspecified atom stereocenters. The van der Waals surface area contributed by atoms with Crippen molar-refractivity contribution in [1.29, 1.82) is 0 Å². The van der Waals surface area contributed by atoms with Crippen LogP contribution in [0.2, 0.25) is 0 Å². The predicted octanol–water partition coefficient (Wildman–Crippen LogP) is 3.68. The fourth-order valence-electron chi connectivity index (χ4n) is 2.26. The Bertz CT molecular complexity index is 587. The first-order valence-electron chi connectivity index (χ1n) is 6.94. The SMILES string of the molecule is OCCC(CNc1ncccc1C(F)(F)F)c1ccccc1. The van der Waals surface area contributed by atoms with Gasteiger partial charge < -0.3 is 10.4 Å². The first-order chi connectivity index (χ1) is 10.5. The van der Waals surface area contributed by atoms with Gasteiger partial charge in [-0.3, -0.25) is 0 Å². The van der Waals surface area contributed by atoms with Gasteiger partial charge in [0.1, 0.15) is 5.82 Å². The molecule has 0 aliphatic heterocycles. The molecule has 2 N–H and O–H groups in total. The number of alkyl halides is 3. The number of aliphatic hydroxyl groups excluding tert-OH is 1. The summed E-state index contributed by atoms with van der Waals surface area (Å²) in [5, 5.41) is 11.9. The molecular weight excluding hydrogens is 293 g/mol. The minimum absolute atomic E-state index is 0.0322. The number of hydrogen-bond acceptors (Lipinski definition) is 3. The van der Waals surface area contributed by atoms with Crippen LogP contribution in [0.4, 0.5) is 19.0 Å². The number of rotatable bonds is 6. The molecule has 0 bridgehead atoms. The third kappa shape index (κ3) is 4.21. The van der Waals surface area contributed by atoms with Crippen molar-refractivity contribution in [3.05, 3.63) is 59.8 Å². The highest BCUT2D eigenvalue weighted by Gasteiger charge is 2.34. The Hall–Kier alpha value is -2.08.